The normalized spacial score (nSPS) is 21.2. The van der Waals surface area contributed by atoms with Crippen molar-refractivity contribution in [3.05, 3.63) is 47.7 Å². The number of rotatable bonds is 6. The highest BCUT2D eigenvalue weighted by Crippen LogP contribution is 2.34. The molecular weight excluding hydrogens is 408 g/mol. The lowest BCUT2D eigenvalue weighted by molar-refractivity contribution is -0.146. The standard InChI is InChI=1S/C21H24N2O6S/c1-14(29-15(2)24)18-8-7-17-6-5-16(13-19(17)22-18)9-11-21(20(25)26)10-4-12-23(21)30(3,27)28/h5-9,11,13-14H,4,10,12H2,1-3H3,(H,25,26)/t14-,21+/m1/s1. The average molecular weight is 432 g/mol. The third-order valence-electron chi connectivity index (χ3n) is 5.18. The number of benzene rings is 1. The van der Waals surface area contributed by atoms with Gasteiger partial charge in [0.1, 0.15) is 6.10 Å². The topological polar surface area (TPSA) is 114 Å². The largest absolute Gasteiger partial charge is 0.480 e. The second kappa shape index (κ2) is 8.16. The van der Waals surface area contributed by atoms with Crippen molar-refractivity contribution in [2.24, 2.45) is 0 Å². The zero-order chi connectivity index (χ0) is 22.1. The molecule has 0 saturated carbocycles. The molecule has 1 aliphatic heterocycles. The monoisotopic (exact) mass is 432 g/mol. The predicted molar refractivity (Wildman–Crippen MR) is 112 cm³/mol. The van der Waals surface area contributed by atoms with Crippen molar-refractivity contribution in [2.75, 3.05) is 12.8 Å². The summed E-state index contributed by atoms with van der Waals surface area (Å²) in [6, 6.07) is 9.09. The van der Waals surface area contributed by atoms with Gasteiger partial charge in [-0.3, -0.25) is 4.79 Å². The Labute approximate surface area is 175 Å². The molecule has 1 N–H and O–H groups in total. The maximum absolute atomic E-state index is 12.1. The third kappa shape index (κ3) is 4.36. The maximum Gasteiger partial charge on any atom is 0.329 e. The first kappa shape index (κ1) is 21.9. The SMILES string of the molecule is CC(=O)O[C@H](C)c1ccc2ccc(C=C[C@]3(C(=O)O)CCCN3S(C)(=O)=O)cc2n1. The Bertz CT molecular complexity index is 1130. The van der Waals surface area contributed by atoms with E-state index < -0.39 is 33.6 Å². The van der Waals surface area contributed by atoms with Crippen molar-refractivity contribution in [1.29, 1.82) is 0 Å². The van der Waals surface area contributed by atoms with Crippen LogP contribution in [-0.2, 0) is 24.3 Å². The fourth-order valence-corrected chi connectivity index (χ4v) is 5.04. The van der Waals surface area contributed by atoms with Crippen molar-refractivity contribution in [2.45, 2.75) is 38.3 Å². The molecule has 0 radical (unpaired) electrons. The summed E-state index contributed by atoms with van der Waals surface area (Å²) in [6.07, 6.45) is 4.26. The van der Waals surface area contributed by atoms with Crippen LogP contribution in [0.1, 0.15) is 44.1 Å². The smallest absolute Gasteiger partial charge is 0.329 e. The lowest BCUT2D eigenvalue weighted by Crippen LogP contribution is -2.51. The molecule has 9 heteroatoms. The van der Waals surface area contributed by atoms with Gasteiger partial charge in [0.25, 0.3) is 0 Å². The van der Waals surface area contributed by atoms with Crippen LogP contribution in [0.25, 0.3) is 17.0 Å². The van der Waals surface area contributed by atoms with Gasteiger partial charge >= 0.3 is 11.9 Å². The fraction of sp³-hybridized carbons (Fsp3) is 0.381. The molecule has 1 aliphatic rings. The molecule has 1 saturated heterocycles. The number of carbonyl (C=O) groups is 2. The number of carboxylic acid groups (broad SMARTS) is 1. The number of fused-ring (bicyclic) bond motifs is 1. The highest BCUT2D eigenvalue weighted by molar-refractivity contribution is 7.88. The van der Waals surface area contributed by atoms with Crippen LogP contribution < -0.4 is 0 Å². The van der Waals surface area contributed by atoms with E-state index in [2.05, 4.69) is 4.98 Å². The van der Waals surface area contributed by atoms with Crippen molar-refractivity contribution in [3.63, 3.8) is 0 Å². The van der Waals surface area contributed by atoms with Crippen LogP contribution >= 0.6 is 0 Å². The molecule has 1 aromatic heterocycles. The van der Waals surface area contributed by atoms with Gasteiger partial charge in [-0.05, 0) is 37.5 Å². The molecule has 160 valence electrons. The molecule has 1 fully saturated rings. The van der Waals surface area contributed by atoms with E-state index in [0.29, 0.717) is 23.2 Å². The molecule has 8 nitrogen and oxygen atoms in total. The van der Waals surface area contributed by atoms with Gasteiger partial charge in [0.05, 0.1) is 17.5 Å². The Morgan fingerprint density at radius 1 is 1.30 bits per heavy atom. The highest BCUT2D eigenvalue weighted by atomic mass is 32.2. The Balaban J connectivity index is 1.96. The first-order valence-electron chi connectivity index (χ1n) is 9.51. The van der Waals surface area contributed by atoms with Gasteiger partial charge in [-0.1, -0.05) is 30.4 Å². The van der Waals surface area contributed by atoms with Crippen molar-refractivity contribution in [3.8, 4) is 0 Å². The lowest BCUT2D eigenvalue weighted by Gasteiger charge is -2.30. The zero-order valence-electron chi connectivity index (χ0n) is 17.0. The first-order chi connectivity index (χ1) is 14.0. The molecule has 3 rings (SSSR count). The number of ether oxygens (including phenoxy) is 1. The Morgan fingerprint density at radius 3 is 2.63 bits per heavy atom. The minimum atomic E-state index is -3.67. The van der Waals surface area contributed by atoms with E-state index in [-0.39, 0.29) is 13.0 Å². The van der Waals surface area contributed by atoms with Gasteiger partial charge < -0.3 is 9.84 Å². The quantitative estimate of drug-likeness (QED) is 0.698. The number of sulfonamides is 1. The second-order valence-corrected chi connectivity index (χ2v) is 9.35. The van der Waals surface area contributed by atoms with Crippen LogP contribution in [0.4, 0.5) is 0 Å². The van der Waals surface area contributed by atoms with Crippen LogP contribution in [0.15, 0.2) is 36.4 Å². The van der Waals surface area contributed by atoms with Gasteiger partial charge in [0.15, 0.2) is 5.54 Å². The Kier molecular flexibility index (Phi) is 5.96. The van der Waals surface area contributed by atoms with Gasteiger partial charge in [-0.25, -0.2) is 18.2 Å². The summed E-state index contributed by atoms with van der Waals surface area (Å²) in [7, 11) is -3.67. The minimum absolute atomic E-state index is 0.173. The first-order valence-corrected chi connectivity index (χ1v) is 11.4. The van der Waals surface area contributed by atoms with Crippen molar-refractivity contribution in [1.82, 2.24) is 9.29 Å². The van der Waals surface area contributed by atoms with Gasteiger partial charge in [-0.2, -0.15) is 4.31 Å². The molecule has 0 aliphatic carbocycles. The van der Waals surface area contributed by atoms with E-state index in [1.54, 1.807) is 25.1 Å². The summed E-state index contributed by atoms with van der Waals surface area (Å²) in [5.41, 5.74) is 0.347. The number of hydrogen-bond acceptors (Lipinski definition) is 6. The van der Waals surface area contributed by atoms with Crippen LogP contribution in [0.5, 0.6) is 0 Å². The van der Waals surface area contributed by atoms with Crippen LogP contribution in [-0.4, -0.2) is 53.1 Å². The zero-order valence-corrected chi connectivity index (χ0v) is 17.8. The highest BCUT2D eigenvalue weighted by Gasteiger charge is 2.50. The van der Waals surface area contributed by atoms with Crippen molar-refractivity contribution < 1.29 is 27.9 Å². The minimum Gasteiger partial charge on any atom is -0.480 e. The Morgan fingerprint density at radius 2 is 2.00 bits per heavy atom. The molecule has 30 heavy (non-hydrogen) atoms. The van der Waals surface area contributed by atoms with E-state index in [9.17, 15) is 23.1 Å². The summed E-state index contributed by atoms with van der Waals surface area (Å²) in [4.78, 5) is 27.7. The summed E-state index contributed by atoms with van der Waals surface area (Å²) >= 11 is 0. The molecule has 2 atom stereocenters. The predicted octanol–water partition coefficient (Wildman–Crippen LogP) is 2.75. The van der Waals surface area contributed by atoms with E-state index in [4.69, 9.17) is 4.74 Å². The number of hydrogen-bond donors (Lipinski definition) is 1. The number of esters is 1. The molecular formula is C21H24N2O6S. The maximum atomic E-state index is 12.1. The summed E-state index contributed by atoms with van der Waals surface area (Å²) in [6.45, 7) is 3.24. The van der Waals surface area contributed by atoms with E-state index >= 15 is 0 Å². The lowest BCUT2D eigenvalue weighted by atomic mass is 9.96. The van der Waals surface area contributed by atoms with E-state index in [1.807, 2.05) is 18.2 Å². The van der Waals surface area contributed by atoms with Crippen LogP contribution in [0.2, 0.25) is 0 Å². The van der Waals surface area contributed by atoms with E-state index in [0.717, 1.165) is 15.9 Å². The summed E-state index contributed by atoms with van der Waals surface area (Å²) < 4.78 is 30.4. The van der Waals surface area contributed by atoms with Crippen LogP contribution in [0.3, 0.4) is 0 Å². The molecule has 0 spiro atoms. The Hall–Kier alpha value is -2.78. The number of carbonyl (C=O) groups excluding carboxylic acids is 1. The average Bonchev–Trinajstić information content (AvgIpc) is 3.11. The van der Waals surface area contributed by atoms with Crippen molar-refractivity contribution >= 4 is 38.9 Å². The summed E-state index contributed by atoms with van der Waals surface area (Å²) in [5, 5.41) is 10.7. The third-order valence-corrected chi connectivity index (χ3v) is 6.49. The number of nitrogens with zero attached hydrogens (tertiary/aromatic N) is 2. The molecule has 1 aromatic carbocycles. The molecule has 2 aromatic rings. The molecule has 0 unspecified atom stereocenters. The molecule has 2 heterocycles. The number of pyridine rings is 1. The van der Waals surface area contributed by atoms with Gasteiger partial charge in [0, 0.05) is 18.9 Å². The number of aliphatic carboxylic acids is 1. The van der Waals surface area contributed by atoms with Gasteiger partial charge in [-0.15, -0.1) is 0 Å². The van der Waals surface area contributed by atoms with Crippen LogP contribution in [0, 0.1) is 0 Å². The number of aromatic nitrogens is 1. The second-order valence-electron chi connectivity index (χ2n) is 7.44. The summed E-state index contributed by atoms with van der Waals surface area (Å²) in [5.74, 6) is -1.59. The molecule has 0 amide bonds. The molecule has 0 bridgehead atoms. The number of carboxylic acids is 1. The fourth-order valence-electron chi connectivity index (χ4n) is 3.75. The van der Waals surface area contributed by atoms with Gasteiger partial charge in [0.2, 0.25) is 10.0 Å². The van der Waals surface area contributed by atoms with E-state index in [1.165, 1.54) is 13.0 Å².